The van der Waals surface area contributed by atoms with Gasteiger partial charge in [-0.3, -0.25) is 9.80 Å². The molecule has 4 rings (SSSR count). The molecule has 0 amide bonds. The molecule has 1 fully saturated rings. The normalized spacial score (nSPS) is 15.8. The summed E-state index contributed by atoms with van der Waals surface area (Å²) in [6.07, 6.45) is 0. The lowest BCUT2D eigenvalue weighted by molar-refractivity contribution is 0.114. The molecule has 8 heteroatoms. The summed E-state index contributed by atoms with van der Waals surface area (Å²) in [5, 5.41) is 8.80. The lowest BCUT2D eigenvalue weighted by Gasteiger charge is -2.34. The minimum Gasteiger partial charge on any atom is -0.419 e. The molecular formula is C20H19BrClFN4O. The van der Waals surface area contributed by atoms with E-state index in [-0.39, 0.29) is 5.82 Å². The van der Waals surface area contributed by atoms with Crippen molar-refractivity contribution in [2.75, 3.05) is 26.2 Å². The second-order valence-electron chi connectivity index (χ2n) is 6.76. The van der Waals surface area contributed by atoms with Crippen LogP contribution in [-0.2, 0) is 13.1 Å². The Morgan fingerprint density at radius 3 is 2.43 bits per heavy atom. The van der Waals surface area contributed by atoms with Crippen molar-refractivity contribution in [1.82, 2.24) is 20.0 Å². The van der Waals surface area contributed by atoms with Gasteiger partial charge in [-0.15, -0.1) is 10.2 Å². The van der Waals surface area contributed by atoms with Crippen LogP contribution in [0, 0.1) is 5.82 Å². The van der Waals surface area contributed by atoms with Crippen LogP contribution in [-0.4, -0.2) is 46.2 Å². The molecule has 1 aliphatic heterocycles. The zero-order valence-corrected chi connectivity index (χ0v) is 17.5. The maximum atomic E-state index is 14.0. The van der Waals surface area contributed by atoms with Gasteiger partial charge in [-0.25, -0.2) is 4.39 Å². The summed E-state index contributed by atoms with van der Waals surface area (Å²) in [5.41, 5.74) is 1.45. The Kier molecular flexibility index (Phi) is 6.06. The van der Waals surface area contributed by atoms with Crippen molar-refractivity contribution in [2.45, 2.75) is 13.1 Å². The van der Waals surface area contributed by atoms with E-state index in [1.807, 2.05) is 24.3 Å². The summed E-state index contributed by atoms with van der Waals surface area (Å²) < 4.78 is 20.8. The van der Waals surface area contributed by atoms with Crippen molar-refractivity contribution in [1.29, 1.82) is 0 Å². The van der Waals surface area contributed by atoms with Crippen LogP contribution >= 0.6 is 27.5 Å². The monoisotopic (exact) mass is 464 g/mol. The molecule has 3 aromatic rings. The van der Waals surface area contributed by atoms with E-state index >= 15 is 0 Å². The van der Waals surface area contributed by atoms with E-state index in [0.29, 0.717) is 35.5 Å². The van der Waals surface area contributed by atoms with Crippen LogP contribution in [0.3, 0.4) is 0 Å². The molecular weight excluding hydrogens is 447 g/mol. The fraction of sp³-hybridized carbons (Fsp3) is 0.300. The van der Waals surface area contributed by atoms with Gasteiger partial charge in [0.15, 0.2) is 0 Å². The lowest BCUT2D eigenvalue weighted by Crippen LogP contribution is -2.45. The Morgan fingerprint density at radius 1 is 1.00 bits per heavy atom. The molecule has 2 aromatic carbocycles. The highest BCUT2D eigenvalue weighted by molar-refractivity contribution is 9.10. The molecule has 146 valence electrons. The predicted octanol–water partition coefficient (Wildman–Crippen LogP) is 4.61. The van der Waals surface area contributed by atoms with Gasteiger partial charge >= 0.3 is 0 Å². The Labute approximate surface area is 176 Å². The van der Waals surface area contributed by atoms with Gasteiger partial charge in [0, 0.05) is 53.3 Å². The molecule has 0 bridgehead atoms. The summed E-state index contributed by atoms with van der Waals surface area (Å²) in [6.45, 7) is 4.48. The van der Waals surface area contributed by atoms with Gasteiger partial charge in [0.1, 0.15) is 5.82 Å². The predicted molar refractivity (Wildman–Crippen MR) is 109 cm³/mol. The molecule has 0 aliphatic carbocycles. The highest BCUT2D eigenvalue weighted by Crippen LogP contribution is 2.23. The van der Waals surface area contributed by atoms with Gasteiger partial charge in [0.2, 0.25) is 11.8 Å². The minimum atomic E-state index is -0.249. The first-order valence-electron chi connectivity index (χ1n) is 9.04. The Bertz CT molecular complexity index is 939. The molecule has 0 radical (unpaired) electrons. The first-order chi connectivity index (χ1) is 13.6. The SMILES string of the molecule is Fc1cccc(Cl)c1CN1CCN(Cc2nnc(-c3cccc(Br)c3)o2)CC1. The average molecular weight is 466 g/mol. The quantitative estimate of drug-likeness (QED) is 0.551. The number of halogens is 3. The van der Waals surface area contributed by atoms with Crippen LogP contribution in [0.2, 0.25) is 5.02 Å². The van der Waals surface area contributed by atoms with Crippen molar-refractivity contribution in [3.05, 3.63) is 69.2 Å². The molecule has 28 heavy (non-hydrogen) atoms. The van der Waals surface area contributed by atoms with Crippen LogP contribution in [0.1, 0.15) is 11.5 Å². The zero-order chi connectivity index (χ0) is 19.5. The van der Waals surface area contributed by atoms with Crippen LogP contribution in [0.15, 0.2) is 51.4 Å². The molecule has 1 saturated heterocycles. The van der Waals surface area contributed by atoms with Crippen molar-refractivity contribution in [2.24, 2.45) is 0 Å². The van der Waals surface area contributed by atoms with E-state index in [2.05, 4.69) is 35.9 Å². The molecule has 1 aromatic heterocycles. The molecule has 0 atom stereocenters. The number of aromatic nitrogens is 2. The van der Waals surface area contributed by atoms with Crippen LogP contribution in [0.4, 0.5) is 4.39 Å². The van der Waals surface area contributed by atoms with Crippen LogP contribution < -0.4 is 0 Å². The first kappa shape index (κ1) is 19.5. The molecule has 0 unspecified atom stereocenters. The van der Waals surface area contributed by atoms with Crippen molar-refractivity contribution in [3.8, 4) is 11.5 Å². The van der Waals surface area contributed by atoms with E-state index in [9.17, 15) is 4.39 Å². The maximum Gasteiger partial charge on any atom is 0.247 e. The Balaban J connectivity index is 1.32. The molecule has 0 saturated carbocycles. The number of piperazine rings is 1. The van der Waals surface area contributed by atoms with E-state index in [4.69, 9.17) is 16.0 Å². The Hall–Kier alpha value is -1.80. The highest BCUT2D eigenvalue weighted by atomic mass is 79.9. The standard InChI is InChI=1S/C20H19BrClFN4O/c21-15-4-1-3-14(11-15)20-25-24-19(28-20)13-27-9-7-26(8-10-27)12-16-17(22)5-2-6-18(16)23/h1-6,11H,7-10,12-13H2. The summed E-state index contributed by atoms with van der Waals surface area (Å²) in [6, 6.07) is 12.6. The highest BCUT2D eigenvalue weighted by Gasteiger charge is 2.21. The maximum absolute atomic E-state index is 14.0. The third-order valence-electron chi connectivity index (χ3n) is 4.81. The van der Waals surface area contributed by atoms with Crippen molar-refractivity contribution >= 4 is 27.5 Å². The van der Waals surface area contributed by atoms with Gasteiger partial charge in [0.05, 0.1) is 6.54 Å². The van der Waals surface area contributed by atoms with E-state index in [1.54, 1.807) is 12.1 Å². The van der Waals surface area contributed by atoms with Gasteiger partial charge in [-0.05, 0) is 30.3 Å². The third kappa shape index (κ3) is 4.60. The third-order valence-corrected chi connectivity index (χ3v) is 5.65. The van der Waals surface area contributed by atoms with Gasteiger partial charge in [-0.1, -0.05) is 39.7 Å². The summed E-state index contributed by atoms with van der Waals surface area (Å²) in [4.78, 5) is 4.47. The fourth-order valence-electron chi connectivity index (χ4n) is 3.26. The topological polar surface area (TPSA) is 45.4 Å². The summed E-state index contributed by atoms with van der Waals surface area (Å²) >= 11 is 9.59. The molecule has 0 N–H and O–H groups in total. The summed E-state index contributed by atoms with van der Waals surface area (Å²) in [5.74, 6) is 0.866. The van der Waals surface area contributed by atoms with Crippen molar-refractivity contribution < 1.29 is 8.81 Å². The molecule has 5 nitrogen and oxygen atoms in total. The molecule has 1 aliphatic rings. The van der Waals surface area contributed by atoms with Gasteiger partial charge in [-0.2, -0.15) is 0 Å². The van der Waals surface area contributed by atoms with Crippen LogP contribution in [0.25, 0.3) is 11.5 Å². The fourth-order valence-corrected chi connectivity index (χ4v) is 3.88. The number of rotatable bonds is 5. The number of hydrogen-bond acceptors (Lipinski definition) is 5. The van der Waals surface area contributed by atoms with E-state index in [1.165, 1.54) is 6.07 Å². The summed E-state index contributed by atoms with van der Waals surface area (Å²) in [7, 11) is 0. The van der Waals surface area contributed by atoms with E-state index < -0.39 is 0 Å². The second kappa shape index (κ2) is 8.69. The molecule has 2 heterocycles. The number of hydrogen-bond donors (Lipinski definition) is 0. The number of nitrogens with zero attached hydrogens (tertiary/aromatic N) is 4. The van der Waals surface area contributed by atoms with E-state index in [0.717, 1.165) is 36.2 Å². The lowest BCUT2D eigenvalue weighted by atomic mass is 10.2. The van der Waals surface area contributed by atoms with Gasteiger partial charge in [0.25, 0.3) is 0 Å². The Morgan fingerprint density at radius 2 is 1.71 bits per heavy atom. The average Bonchev–Trinajstić information content (AvgIpc) is 3.15. The largest absolute Gasteiger partial charge is 0.419 e. The van der Waals surface area contributed by atoms with Crippen LogP contribution in [0.5, 0.6) is 0 Å². The van der Waals surface area contributed by atoms with Crippen molar-refractivity contribution in [3.63, 3.8) is 0 Å². The minimum absolute atomic E-state index is 0.249. The number of benzene rings is 2. The zero-order valence-electron chi connectivity index (χ0n) is 15.1. The van der Waals surface area contributed by atoms with Gasteiger partial charge < -0.3 is 4.42 Å². The second-order valence-corrected chi connectivity index (χ2v) is 8.09. The smallest absolute Gasteiger partial charge is 0.247 e. The first-order valence-corrected chi connectivity index (χ1v) is 10.2. The molecule has 0 spiro atoms.